The molecule has 0 amide bonds. The Labute approximate surface area is 131 Å². The summed E-state index contributed by atoms with van der Waals surface area (Å²) in [6, 6.07) is 0. The van der Waals surface area contributed by atoms with Crippen LogP contribution in [-0.4, -0.2) is 55.9 Å². The van der Waals surface area contributed by atoms with Crippen molar-refractivity contribution in [1.82, 2.24) is 0 Å². The van der Waals surface area contributed by atoms with E-state index in [2.05, 4.69) is 0 Å². The molecule has 0 atom stereocenters. The molecule has 0 spiro atoms. The molecule has 12 N–H and O–H groups in total. The van der Waals surface area contributed by atoms with Crippen LogP contribution in [0.4, 0.5) is 0 Å². The molecular weight excluding hydrogens is 230 g/mol. The fraction of sp³-hybridized carbons (Fsp3) is 0. The van der Waals surface area contributed by atoms with E-state index in [0.717, 1.165) is 0 Å². The number of halogens is 2. The third-order valence-electron chi connectivity index (χ3n) is 0. The molecule has 0 aromatic heterocycles. The van der Waals surface area contributed by atoms with E-state index in [9.17, 15) is 0 Å². The van der Waals surface area contributed by atoms with Crippen molar-refractivity contribution in [3.63, 3.8) is 0 Å². The van der Waals surface area contributed by atoms with Crippen LogP contribution in [0.3, 0.4) is 0 Å². The van der Waals surface area contributed by atoms with Gasteiger partial charge in [-0.1, -0.05) is 0 Å². The Morgan fingerprint density at radius 2 is 0.500 bits per heavy atom. The van der Waals surface area contributed by atoms with Gasteiger partial charge in [-0.15, -0.1) is 0 Å². The summed E-state index contributed by atoms with van der Waals surface area (Å²) in [7, 11) is 0. The van der Waals surface area contributed by atoms with Gasteiger partial charge in [0.2, 0.25) is 0 Å². The van der Waals surface area contributed by atoms with Gasteiger partial charge in [0.15, 0.2) is 0 Å². The zero-order valence-electron chi connectivity index (χ0n) is 6.46. The predicted octanol–water partition coefficient (Wildman–Crippen LogP) is -14.2. The minimum absolute atomic E-state index is 0. The summed E-state index contributed by atoms with van der Waals surface area (Å²) in [4.78, 5) is 0. The third-order valence-corrected chi connectivity index (χ3v) is 0. The number of hydrogen-bond donors (Lipinski definition) is 0. The smallest absolute Gasteiger partial charge is 1.00 e. The summed E-state index contributed by atoms with van der Waals surface area (Å²) in [6.07, 6.45) is 0. The zero-order valence-corrected chi connectivity index (χ0v) is 11.5. The minimum Gasteiger partial charge on any atom is -1.00 e. The van der Waals surface area contributed by atoms with E-state index in [0.29, 0.717) is 0 Å². The van der Waals surface area contributed by atoms with Gasteiger partial charge in [-0.2, -0.15) is 0 Å². The molecule has 10 heavy (non-hydrogen) atoms. The van der Waals surface area contributed by atoms with Crippen LogP contribution in [0.15, 0.2) is 0 Å². The molecule has 0 aromatic rings. The molecular formula is H13Cl2KMgO6. The zero-order chi connectivity index (χ0) is 0. The van der Waals surface area contributed by atoms with Gasteiger partial charge in [0, 0.05) is 0 Å². The summed E-state index contributed by atoms with van der Waals surface area (Å²) in [5.41, 5.74) is 0. The van der Waals surface area contributed by atoms with Crippen LogP contribution in [0.2, 0.25) is 0 Å². The first kappa shape index (κ1) is 234. The third kappa shape index (κ3) is 136. The minimum atomic E-state index is 0. The molecule has 0 rings (SSSR count). The Kier molecular flexibility index (Phi) is 4210. The van der Waals surface area contributed by atoms with E-state index in [1.807, 2.05) is 0 Å². The van der Waals surface area contributed by atoms with Crippen molar-refractivity contribution < 1.29 is 110 Å². The topological polar surface area (TPSA) is 189 Å². The molecule has 0 bridgehead atoms. The molecule has 0 aromatic carbocycles. The average Bonchev–Trinajstić information content (AvgIpc) is 0. The van der Waals surface area contributed by atoms with Gasteiger partial charge in [-0.05, 0) is 0 Å². The second kappa shape index (κ2) is 180. The number of rotatable bonds is 0. The second-order valence-corrected chi connectivity index (χ2v) is 0. The van der Waals surface area contributed by atoms with Crippen molar-refractivity contribution in [2.75, 3.05) is 0 Å². The van der Waals surface area contributed by atoms with Gasteiger partial charge < -0.3 is 59.1 Å². The van der Waals surface area contributed by atoms with E-state index < -0.39 is 0 Å². The van der Waals surface area contributed by atoms with Gasteiger partial charge in [0.05, 0.1) is 0 Å². The molecule has 0 aliphatic rings. The van der Waals surface area contributed by atoms with Crippen LogP contribution >= 0.6 is 0 Å². The van der Waals surface area contributed by atoms with E-state index in [4.69, 9.17) is 0 Å². The Balaban J connectivity index is 0. The molecule has 0 saturated carbocycles. The summed E-state index contributed by atoms with van der Waals surface area (Å²) in [5.74, 6) is 0. The molecule has 0 aliphatic carbocycles. The van der Waals surface area contributed by atoms with Gasteiger partial charge in [0.25, 0.3) is 0 Å². The maximum Gasteiger partial charge on any atom is 2.00 e. The summed E-state index contributed by atoms with van der Waals surface area (Å²) in [6.45, 7) is 0. The molecule has 0 saturated heterocycles. The molecule has 0 fully saturated rings. The summed E-state index contributed by atoms with van der Waals surface area (Å²) < 4.78 is 0. The van der Waals surface area contributed by atoms with E-state index in [1.165, 1.54) is 0 Å². The first-order chi connectivity index (χ1) is 0. The van der Waals surface area contributed by atoms with Gasteiger partial charge in [-0.3, -0.25) is 0 Å². The molecule has 0 aliphatic heterocycles. The van der Waals surface area contributed by atoms with Crippen LogP contribution < -0.4 is 76.2 Å². The fourth-order valence-corrected chi connectivity index (χ4v) is 0. The predicted molar refractivity (Wildman–Crippen MR) is 28.5 cm³/mol. The van der Waals surface area contributed by atoms with Gasteiger partial charge in [-0.25, -0.2) is 0 Å². The molecule has 0 unspecified atom stereocenters. The fourth-order valence-electron chi connectivity index (χ4n) is 0. The monoisotopic (exact) mass is 242 g/mol. The first-order valence-electron chi connectivity index (χ1n) is 0. The molecule has 10 heteroatoms. The van der Waals surface area contributed by atoms with Crippen molar-refractivity contribution in [3.05, 3.63) is 0 Å². The second-order valence-electron chi connectivity index (χ2n) is 0. The van der Waals surface area contributed by atoms with Crippen molar-refractivity contribution in [3.8, 4) is 0 Å². The quantitative estimate of drug-likeness (QED) is 0.365. The number of hydrogen-bond acceptors (Lipinski definition) is 0. The SMILES string of the molecule is O.O.O.O.O.O.[Cl-].[Cl-].[H-].[K+].[Mg+2]. The molecule has 66 valence electrons. The van der Waals surface area contributed by atoms with E-state index in [-0.39, 0.29) is 134 Å². The van der Waals surface area contributed by atoms with Gasteiger partial charge >= 0.3 is 74.4 Å². The van der Waals surface area contributed by atoms with Crippen molar-refractivity contribution in [1.29, 1.82) is 0 Å². The molecule has 6 nitrogen and oxygen atoms in total. The first-order valence-corrected chi connectivity index (χ1v) is 0. The maximum atomic E-state index is 0. The van der Waals surface area contributed by atoms with Crippen molar-refractivity contribution in [2.45, 2.75) is 0 Å². The van der Waals surface area contributed by atoms with Crippen LogP contribution in [-0.2, 0) is 0 Å². The van der Waals surface area contributed by atoms with Crippen LogP contribution in [0.25, 0.3) is 0 Å². The Hall–Kier alpha value is 2.74. The van der Waals surface area contributed by atoms with Crippen molar-refractivity contribution >= 4 is 23.1 Å². The Bertz CT molecular complexity index is 20.5. The molecule has 0 heterocycles. The van der Waals surface area contributed by atoms with Crippen LogP contribution in [0, 0.1) is 0 Å². The average molecular weight is 243 g/mol. The van der Waals surface area contributed by atoms with Crippen LogP contribution in [0.1, 0.15) is 1.43 Å². The van der Waals surface area contributed by atoms with E-state index in [1.54, 1.807) is 0 Å². The van der Waals surface area contributed by atoms with Gasteiger partial charge in [0.1, 0.15) is 0 Å². The molecule has 0 radical (unpaired) electrons. The largest absolute Gasteiger partial charge is 2.00 e. The Morgan fingerprint density at radius 3 is 0.500 bits per heavy atom. The Morgan fingerprint density at radius 1 is 0.500 bits per heavy atom. The normalized spacial score (nSPS) is 0. The van der Waals surface area contributed by atoms with E-state index >= 15 is 0 Å². The maximum absolute atomic E-state index is 0. The summed E-state index contributed by atoms with van der Waals surface area (Å²) >= 11 is 0. The summed E-state index contributed by atoms with van der Waals surface area (Å²) in [5, 5.41) is 0. The van der Waals surface area contributed by atoms with Crippen LogP contribution in [0.5, 0.6) is 0 Å². The van der Waals surface area contributed by atoms with Crippen molar-refractivity contribution in [2.24, 2.45) is 0 Å². The standard InChI is InChI=1S/2ClH.K.Mg.6H2O.H/h2*1H;;;6*1H2;/q;;+1;+2;;;;;;;-1/p-2.